The molecule has 0 radical (unpaired) electrons. The fraction of sp³-hybridized carbons (Fsp3) is 0.833. The van der Waals surface area contributed by atoms with E-state index in [1.54, 1.807) is 4.68 Å². The van der Waals surface area contributed by atoms with E-state index < -0.39 is 0 Å². The minimum absolute atomic E-state index is 0.0610. The summed E-state index contributed by atoms with van der Waals surface area (Å²) in [6.07, 6.45) is 0. The van der Waals surface area contributed by atoms with Crippen molar-refractivity contribution in [3.8, 4) is 0 Å². The van der Waals surface area contributed by atoms with E-state index in [0.717, 1.165) is 5.82 Å². The highest BCUT2D eigenvalue weighted by atomic mass is 16.3. The van der Waals surface area contributed by atoms with Gasteiger partial charge in [0, 0.05) is 0 Å². The summed E-state index contributed by atoms with van der Waals surface area (Å²) in [4.78, 5) is 1.97. The molecule has 0 saturated carbocycles. The standard InChI is InChI=1S/C6H13N5O/c1-10(2)5-6-7-8-9-11(6)3-4-12/h12H,3-5H2,1-2H3. The lowest BCUT2D eigenvalue weighted by atomic mass is 10.5. The zero-order valence-electron chi connectivity index (χ0n) is 7.30. The molecule has 6 heteroatoms. The normalized spacial score (nSPS) is 11.0. The number of aliphatic hydroxyl groups excluding tert-OH is 1. The Hall–Kier alpha value is -1.01. The van der Waals surface area contributed by atoms with Crippen LogP contribution in [0.15, 0.2) is 0 Å². The molecule has 0 saturated heterocycles. The Morgan fingerprint density at radius 1 is 1.50 bits per heavy atom. The molecule has 0 unspecified atom stereocenters. The van der Waals surface area contributed by atoms with Crippen LogP contribution in [0.1, 0.15) is 5.82 Å². The maximum atomic E-state index is 8.67. The molecule has 0 aliphatic heterocycles. The van der Waals surface area contributed by atoms with Gasteiger partial charge in [-0.3, -0.25) is 0 Å². The maximum absolute atomic E-state index is 8.67. The summed E-state index contributed by atoms with van der Waals surface area (Å²) in [6.45, 7) is 1.20. The SMILES string of the molecule is CN(C)Cc1nnnn1CCO. The molecule has 68 valence electrons. The van der Waals surface area contributed by atoms with E-state index in [1.807, 2.05) is 19.0 Å². The largest absolute Gasteiger partial charge is 0.394 e. The van der Waals surface area contributed by atoms with Crippen molar-refractivity contribution in [1.29, 1.82) is 0 Å². The second kappa shape index (κ2) is 4.13. The molecule has 0 amide bonds. The predicted octanol–water partition coefficient (Wildman–Crippen LogP) is -1.27. The maximum Gasteiger partial charge on any atom is 0.165 e. The van der Waals surface area contributed by atoms with Gasteiger partial charge in [-0.25, -0.2) is 4.68 Å². The number of rotatable bonds is 4. The van der Waals surface area contributed by atoms with Crippen LogP contribution in [0.5, 0.6) is 0 Å². The zero-order chi connectivity index (χ0) is 8.97. The predicted molar refractivity (Wildman–Crippen MR) is 42.3 cm³/mol. The molecule has 0 aliphatic rings. The minimum Gasteiger partial charge on any atom is -0.394 e. The van der Waals surface area contributed by atoms with Gasteiger partial charge in [-0.05, 0) is 24.5 Å². The topological polar surface area (TPSA) is 67.1 Å². The molecule has 0 aliphatic carbocycles. The van der Waals surface area contributed by atoms with Crippen LogP contribution in [-0.2, 0) is 13.1 Å². The van der Waals surface area contributed by atoms with Crippen LogP contribution in [0.4, 0.5) is 0 Å². The van der Waals surface area contributed by atoms with Gasteiger partial charge >= 0.3 is 0 Å². The van der Waals surface area contributed by atoms with Crippen LogP contribution in [0.2, 0.25) is 0 Å². The Labute approximate surface area is 70.8 Å². The molecule has 1 heterocycles. The van der Waals surface area contributed by atoms with Gasteiger partial charge in [0.1, 0.15) is 0 Å². The molecule has 0 atom stereocenters. The molecule has 0 fully saturated rings. The summed E-state index contributed by atoms with van der Waals surface area (Å²) in [5, 5.41) is 19.7. The van der Waals surface area contributed by atoms with Crippen LogP contribution in [0.3, 0.4) is 0 Å². The number of hydrogen-bond acceptors (Lipinski definition) is 5. The lowest BCUT2D eigenvalue weighted by molar-refractivity contribution is 0.261. The highest BCUT2D eigenvalue weighted by Crippen LogP contribution is 1.94. The second-order valence-electron chi connectivity index (χ2n) is 2.78. The molecule has 12 heavy (non-hydrogen) atoms. The quantitative estimate of drug-likeness (QED) is 0.611. The van der Waals surface area contributed by atoms with E-state index in [4.69, 9.17) is 5.11 Å². The first kappa shape index (κ1) is 9.08. The molecule has 0 aromatic carbocycles. The van der Waals surface area contributed by atoms with Crippen molar-refractivity contribution in [2.75, 3.05) is 20.7 Å². The Morgan fingerprint density at radius 3 is 2.83 bits per heavy atom. The summed E-state index contributed by atoms with van der Waals surface area (Å²) in [6, 6.07) is 0. The summed E-state index contributed by atoms with van der Waals surface area (Å²) in [7, 11) is 3.88. The number of tetrazole rings is 1. The zero-order valence-corrected chi connectivity index (χ0v) is 7.30. The lowest BCUT2D eigenvalue weighted by Gasteiger charge is -2.07. The Bertz CT molecular complexity index is 234. The number of aliphatic hydroxyl groups is 1. The van der Waals surface area contributed by atoms with Gasteiger partial charge in [0.25, 0.3) is 0 Å². The fourth-order valence-corrected chi connectivity index (χ4v) is 0.888. The lowest BCUT2D eigenvalue weighted by Crippen LogP contribution is -2.17. The molecule has 1 rings (SSSR count). The smallest absolute Gasteiger partial charge is 0.165 e. The fourth-order valence-electron chi connectivity index (χ4n) is 0.888. The number of aromatic nitrogens is 4. The van der Waals surface area contributed by atoms with Gasteiger partial charge in [0.2, 0.25) is 0 Å². The first-order valence-corrected chi connectivity index (χ1v) is 3.74. The molecule has 0 spiro atoms. The third-order valence-electron chi connectivity index (χ3n) is 1.38. The van der Waals surface area contributed by atoms with E-state index in [0.29, 0.717) is 13.1 Å². The van der Waals surface area contributed by atoms with Gasteiger partial charge in [0.15, 0.2) is 5.82 Å². The third kappa shape index (κ3) is 2.24. The van der Waals surface area contributed by atoms with Crippen molar-refractivity contribution >= 4 is 0 Å². The first-order chi connectivity index (χ1) is 5.74. The summed E-state index contributed by atoms with van der Waals surface area (Å²) in [5.74, 6) is 0.772. The van der Waals surface area contributed by atoms with Crippen molar-refractivity contribution in [3.63, 3.8) is 0 Å². The van der Waals surface area contributed by atoms with Crippen LogP contribution in [0.25, 0.3) is 0 Å². The highest BCUT2D eigenvalue weighted by Gasteiger charge is 2.05. The number of nitrogens with zero attached hydrogens (tertiary/aromatic N) is 5. The first-order valence-electron chi connectivity index (χ1n) is 3.74. The second-order valence-corrected chi connectivity index (χ2v) is 2.78. The van der Waals surface area contributed by atoms with Gasteiger partial charge in [-0.15, -0.1) is 5.10 Å². The van der Waals surface area contributed by atoms with Crippen LogP contribution < -0.4 is 0 Å². The molecule has 6 nitrogen and oxygen atoms in total. The number of hydrogen-bond donors (Lipinski definition) is 1. The highest BCUT2D eigenvalue weighted by molar-refractivity contribution is 4.79. The van der Waals surface area contributed by atoms with Crippen molar-refractivity contribution in [2.45, 2.75) is 13.1 Å². The molecule has 1 N–H and O–H groups in total. The monoisotopic (exact) mass is 171 g/mol. The van der Waals surface area contributed by atoms with E-state index in [9.17, 15) is 0 Å². The van der Waals surface area contributed by atoms with E-state index in [2.05, 4.69) is 15.5 Å². The average Bonchev–Trinajstić information content (AvgIpc) is 2.37. The summed E-state index contributed by atoms with van der Waals surface area (Å²) >= 11 is 0. The van der Waals surface area contributed by atoms with Crippen LogP contribution in [-0.4, -0.2) is 50.9 Å². The van der Waals surface area contributed by atoms with Gasteiger partial charge < -0.3 is 10.0 Å². The van der Waals surface area contributed by atoms with Crippen molar-refractivity contribution in [2.24, 2.45) is 0 Å². The molecular weight excluding hydrogens is 158 g/mol. The Balaban J connectivity index is 2.63. The van der Waals surface area contributed by atoms with Gasteiger partial charge in [-0.2, -0.15) is 0 Å². The molecule has 1 aromatic heterocycles. The Kier molecular flexibility index (Phi) is 3.12. The van der Waals surface area contributed by atoms with E-state index in [-0.39, 0.29) is 6.61 Å². The van der Waals surface area contributed by atoms with Crippen molar-refractivity contribution in [3.05, 3.63) is 5.82 Å². The minimum atomic E-state index is 0.0610. The van der Waals surface area contributed by atoms with Crippen LogP contribution in [0, 0.1) is 0 Å². The average molecular weight is 171 g/mol. The Morgan fingerprint density at radius 2 is 2.25 bits per heavy atom. The van der Waals surface area contributed by atoms with Gasteiger partial charge in [-0.1, -0.05) is 0 Å². The van der Waals surface area contributed by atoms with E-state index in [1.165, 1.54) is 0 Å². The molecule has 1 aromatic rings. The van der Waals surface area contributed by atoms with Crippen LogP contribution >= 0.6 is 0 Å². The van der Waals surface area contributed by atoms with E-state index >= 15 is 0 Å². The third-order valence-corrected chi connectivity index (χ3v) is 1.38. The summed E-state index contributed by atoms with van der Waals surface area (Å²) < 4.78 is 1.60. The van der Waals surface area contributed by atoms with Crippen molar-refractivity contribution in [1.82, 2.24) is 25.1 Å². The summed E-state index contributed by atoms with van der Waals surface area (Å²) in [5.41, 5.74) is 0. The van der Waals surface area contributed by atoms with Gasteiger partial charge in [0.05, 0.1) is 19.7 Å². The molecular formula is C6H13N5O. The molecule has 0 bridgehead atoms. The van der Waals surface area contributed by atoms with Crippen molar-refractivity contribution < 1.29 is 5.11 Å².